The van der Waals surface area contributed by atoms with Gasteiger partial charge in [-0.2, -0.15) is 11.8 Å². The summed E-state index contributed by atoms with van der Waals surface area (Å²) < 4.78 is 0. The smallest absolute Gasteiger partial charge is 0.0471 e. The maximum atomic E-state index is 6.08. The van der Waals surface area contributed by atoms with E-state index in [4.69, 9.17) is 5.73 Å². The molecule has 0 amide bonds. The Labute approximate surface area is 104 Å². The predicted octanol–water partition coefficient (Wildman–Crippen LogP) is 0.845. The van der Waals surface area contributed by atoms with E-state index in [1.165, 1.54) is 26.1 Å². The van der Waals surface area contributed by atoms with Gasteiger partial charge in [-0.15, -0.1) is 0 Å². The second-order valence-corrected chi connectivity index (χ2v) is 7.46. The molecular weight excluding hydrogens is 218 g/mol. The summed E-state index contributed by atoms with van der Waals surface area (Å²) in [5.41, 5.74) is 6.34. The highest BCUT2D eigenvalue weighted by Gasteiger charge is 2.43. The van der Waals surface area contributed by atoms with E-state index in [1.807, 2.05) is 0 Å². The lowest BCUT2D eigenvalue weighted by atomic mass is 9.95. The van der Waals surface area contributed by atoms with Crippen LogP contribution >= 0.6 is 11.8 Å². The van der Waals surface area contributed by atoms with Crippen LogP contribution in [0.3, 0.4) is 0 Å². The van der Waals surface area contributed by atoms with Crippen molar-refractivity contribution >= 4 is 11.8 Å². The first-order chi connectivity index (χ1) is 7.55. The van der Waals surface area contributed by atoms with Crippen molar-refractivity contribution in [2.75, 3.05) is 39.8 Å². The standard InChI is InChI=1S/C12H25N3S/c1-10-6-15(7-11(2)16-10)12(8-13)4-5-14(3)9-12/h10-11H,4-9,13H2,1-3H3. The van der Waals surface area contributed by atoms with E-state index in [0.29, 0.717) is 0 Å². The summed E-state index contributed by atoms with van der Waals surface area (Å²) in [6.07, 6.45) is 1.24. The van der Waals surface area contributed by atoms with Crippen molar-refractivity contribution in [3.63, 3.8) is 0 Å². The molecule has 0 aromatic rings. The van der Waals surface area contributed by atoms with Crippen LogP contribution in [0.2, 0.25) is 0 Å². The highest BCUT2D eigenvalue weighted by molar-refractivity contribution is 8.00. The Morgan fingerprint density at radius 2 is 1.94 bits per heavy atom. The van der Waals surface area contributed by atoms with E-state index >= 15 is 0 Å². The number of hydrogen-bond acceptors (Lipinski definition) is 4. The van der Waals surface area contributed by atoms with Gasteiger partial charge < -0.3 is 10.6 Å². The number of likely N-dealkylation sites (tertiary alicyclic amines) is 1. The van der Waals surface area contributed by atoms with E-state index in [0.717, 1.165) is 23.6 Å². The summed E-state index contributed by atoms with van der Waals surface area (Å²) in [5.74, 6) is 0. The number of nitrogens with two attached hydrogens (primary N) is 1. The SMILES string of the molecule is CC1CN(C2(CN)CCN(C)C2)CC(C)S1. The number of nitrogens with zero attached hydrogens (tertiary/aromatic N) is 2. The van der Waals surface area contributed by atoms with Gasteiger partial charge in [0.2, 0.25) is 0 Å². The van der Waals surface area contributed by atoms with Gasteiger partial charge in [0, 0.05) is 42.2 Å². The summed E-state index contributed by atoms with van der Waals surface area (Å²) in [4.78, 5) is 5.09. The Balaban J connectivity index is 2.09. The minimum atomic E-state index is 0.262. The molecule has 0 bridgehead atoms. The molecule has 0 aromatic heterocycles. The van der Waals surface area contributed by atoms with Gasteiger partial charge in [-0.1, -0.05) is 13.8 Å². The largest absolute Gasteiger partial charge is 0.329 e. The molecule has 3 atom stereocenters. The van der Waals surface area contributed by atoms with Gasteiger partial charge in [0.25, 0.3) is 0 Å². The van der Waals surface area contributed by atoms with Crippen molar-refractivity contribution in [2.45, 2.75) is 36.3 Å². The Bertz CT molecular complexity index is 238. The summed E-state index contributed by atoms with van der Waals surface area (Å²) in [6, 6.07) is 0. The molecule has 94 valence electrons. The molecule has 16 heavy (non-hydrogen) atoms. The molecule has 4 heteroatoms. The van der Waals surface area contributed by atoms with E-state index in [-0.39, 0.29) is 5.54 Å². The molecule has 2 saturated heterocycles. The van der Waals surface area contributed by atoms with E-state index < -0.39 is 0 Å². The average molecular weight is 243 g/mol. The maximum Gasteiger partial charge on any atom is 0.0471 e. The van der Waals surface area contributed by atoms with E-state index in [2.05, 4.69) is 42.5 Å². The zero-order chi connectivity index (χ0) is 11.8. The van der Waals surface area contributed by atoms with Crippen LogP contribution in [0.1, 0.15) is 20.3 Å². The topological polar surface area (TPSA) is 32.5 Å². The van der Waals surface area contributed by atoms with Crippen molar-refractivity contribution in [1.82, 2.24) is 9.80 Å². The molecule has 2 aliphatic rings. The summed E-state index contributed by atoms with van der Waals surface area (Å²) >= 11 is 2.12. The van der Waals surface area contributed by atoms with Crippen LogP contribution < -0.4 is 5.73 Å². The van der Waals surface area contributed by atoms with Crippen molar-refractivity contribution in [3.05, 3.63) is 0 Å². The van der Waals surface area contributed by atoms with E-state index in [1.54, 1.807) is 0 Å². The van der Waals surface area contributed by atoms with Crippen molar-refractivity contribution < 1.29 is 0 Å². The summed E-state index contributed by atoms with van der Waals surface area (Å²) in [7, 11) is 2.21. The Kier molecular flexibility index (Phi) is 3.84. The lowest BCUT2D eigenvalue weighted by Crippen LogP contribution is -2.60. The second kappa shape index (κ2) is 4.84. The van der Waals surface area contributed by atoms with Gasteiger partial charge in [-0.05, 0) is 20.0 Å². The van der Waals surface area contributed by atoms with Crippen LogP contribution in [0.5, 0.6) is 0 Å². The fourth-order valence-electron chi connectivity index (χ4n) is 3.18. The predicted molar refractivity (Wildman–Crippen MR) is 72.0 cm³/mol. The molecule has 2 fully saturated rings. The van der Waals surface area contributed by atoms with Crippen LogP contribution in [0, 0.1) is 0 Å². The Morgan fingerprint density at radius 3 is 2.38 bits per heavy atom. The van der Waals surface area contributed by atoms with Gasteiger partial charge in [0.15, 0.2) is 0 Å². The van der Waals surface area contributed by atoms with E-state index in [9.17, 15) is 0 Å². The normalized spacial score (nSPS) is 42.8. The Hall–Kier alpha value is 0.230. The molecular formula is C12H25N3S. The lowest BCUT2D eigenvalue weighted by Gasteiger charge is -2.46. The second-order valence-electron chi connectivity index (χ2n) is 5.58. The fourth-order valence-corrected chi connectivity index (χ4v) is 4.50. The number of hydrogen-bond donors (Lipinski definition) is 1. The molecule has 0 saturated carbocycles. The highest BCUT2D eigenvalue weighted by atomic mass is 32.2. The van der Waals surface area contributed by atoms with Gasteiger partial charge in [-0.25, -0.2) is 0 Å². The third kappa shape index (κ3) is 2.40. The number of likely N-dealkylation sites (N-methyl/N-ethyl adjacent to an activating group) is 1. The molecule has 0 aliphatic carbocycles. The van der Waals surface area contributed by atoms with Crippen molar-refractivity contribution in [3.8, 4) is 0 Å². The average Bonchev–Trinajstić information content (AvgIpc) is 2.60. The molecule has 2 rings (SSSR count). The van der Waals surface area contributed by atoms with Crippen LogP contribution in [-0.4, -0.2) is 65.6 Å². The third-order valence-electron chi connectivity index (χ3n) is 3.99. The first kappa shape index (κ1) is 12.7. The summed E-state index contributed by atoms with van der Waals surface area (Å²) in [6.45, 7) is 10.3. The monoisotopic (exact) mass is 243 g/mol. The quantitative estimate of drug-likeness (QED) is 0.779. The first-order valence-electron chi connectivity index (χ1n) is 6.35. The van der Waals surface area contributed by atoms with Crippen LogP contribution in [-0.2, 0) is 0 Å². The maximum absolute atomic E-state index is 6.08. The fraction of sp³-hybridized carbons (Fsp3) is 1.00. The zero-order valence-corrected chi connectivity index (χ0v) is 11.6. The molecule has 3 nitrogen and oxygen atoms in total. The van der Waals surface area contributed by atoms with Crippen molar-refractivity contribution in [2.24, 2.45) is 5.73 Å². The number of rotatable bonds is 2. The molecule has 2 aliphatic heterocycles. The van der Waals surface area contributed by atoms with Crippen LogP contribution in [0.4, 0.5) is 0 Å². The van der Waals surface area contributed by atoms with Gasteiger partial charge in [0.05, 0.1) is 0 Å². The van der Waals surface area contributed by atoms with Gasteiger partial charge in [-0.3, -0.25) is 4.90 Å². The van der Waals surface area contributed by atoms with Gasteiger partial charge in [0.1, 0.15) is 0 Å². The van der Waals surface area contributed by atoms with Crippen molar-refractivity contribution in [1.29, 1.82) is 0 Å². The molecule has 0 spiro atoms. The molecule has 2 heterocycles. The summed E-state index contributed by atoms with van der Waals surface area (Å²) in [5, 5.41) is 1.50. The van der Waals surface area contributed by atoms with Crippen LogP contribution in [0.25, 0.3) is 0 Å². The highest BCUT2D eigenvalue weighted by Crippen LogP contribution is 2.33. The minimum absolute atomic E-state index is 0.262. The molecule has 3 unspecified atom stereocenters. The van der Waals surface area contributed by atoms with Crippen LogP contribution in [0.15, 0.2) is 0 Å². The Morgan fingerprint density at radius 1 is 1.31 bits per heavy atom. The molecule has 0 radical (unpaired) electrons. The minimum Gasteiger partial charge on any atom is -0.329 e. The molecule has 0 aromatic carbocycles. The molecule has 2 N–H and O–H groups in total. The zero-order valence-electron chi connectivity index (χ0n) is 10.8. The third-order valence-corrected chi connectivity index (χ3v) is 5.22. The van der Waals surface area contributed by atoms with Gasteiger partial charge >= 0.3 is 0 Å². The first-order valence-corrected chi connectivity index (χ1v) is 7.29. The lowest BCUT2D eigenvalue weighted by molar-refractivity contribution is 0.0996. The number of thioether (sulfide) groups is 1.